The molecule has 128 valence electrons. The highest BCUT2D eigenvalue weighted by molar-refractivity contribution is 6.18. The summed E-state index contributed by atoms with van der Waals surface area (Å²) in [6.07, 6.45) is 3.86. The van der Waals surface area contributed by atoms with Crippen LogP contribution in [0.5, 0.6) is 0 Å². The Morgan fingerprint density at radius 2 is 1.54 bits per heavy atom. The molecule has 2 aliphatic heterocycles. The number of unbranched alkanes of at least 4 members (excludes halogenated alkanes) is 1. The van der Waals surface area contributed by atoms with Crippen molar-refractivity contribution in [3.8, 4) is 0 Å². The molecule has 0 saturated heterocycles. The summed E-state index contributed by atoms with van der Waals surface area (Å²) in [5.41, 5.74) is 0.734. The van der Waals surface area contributed by atoms with Crippen molar-refractivity contribution in [2.75, 3.05) is 6.54 Å². The molecule has 2 aliphatic rings. The SMILES string of the molecule is CC(=O)[C@H](CCCCN1C(=O)C=C(C)C1=O)N1C(=O)C=C(C)C1=O. The normalized spacial score (nSPS) is 19.1. The minimum absolute atomic E-state index is 0.259. The van der Waals surface area contributed by atoms with Crippen molar-refractivity contribution in [1.29, 1.82) is 0 Å². The van der Waals surface area contributed by atoms with Gasteiger partial charge in [0, 0.05) is 29.8 Å². The van der Waals surface area contributed by atoms with Gasteiger partial charge in [-0.2, -0.15) is 0 Å². The third-order valence-electron chi connectivity index (χ3n) is 4.21. The summed E-state index contributed by atoms with van der Waals surface area (Å²) in [5.74, 6) is -1.80. The van der Waals surface area contributed by atoms with Gasteiger partial charge in [0.05, 0.1) is 6.04 Å². The molecule has 0 aromatic rings. The van der Waals surface area contributed by atoms with Gasteiger partial charge in [0.25, 0.3) is 23.6 Å². The molecular weight excluding hydrogens is 312 g/mol. The van der Waals surface area contributed by atoms with E-state index < -0.39 is 17.9 Å². The van der Waals surface area contributed by atoms with E-state index >= 15 is 0 Å². The van der Waals surface area contributed by atoms with Gasteiger partial charge < -0.3 is 0 Å². The molecule has 0 bridgehead atoms. The lowest BCUT2D eigenvalue weighted by Gasteiger charge is -2.24. The lowest BCUT2D eigenvalue weighted by Crippen LogP contribution is -2.44. The second-order valence-corrected chi connectivity index (χ2v) is 6.09. The Hall–Kier alpha value is -2.57. The molecule has 7 heteroatoms. The van der Waals surface area contributed by atoms with Crippen molar-refractivity contribution < 1.29 is 24.0 Å². The van der Waals surface area contributed by atoms with Crippen LogP contribution in [0, 0.1) is 0 Å². The van der Waals surface area contributed by atoms with E-state index in [-0.39, 0.29) is 24.1 Å². The van der Waals surface area contributed by atoms with Crippen LogP contribution in [0.15, 0.2) is 23.3 Å². The van der Waals surface area contributed by atoms with Gasteiger partial charge in [-0.25, -0.2) is 0 Å². The van der Waals surface area contributed by atoms with Gasteiger partial charge in [-0.3, -0.25) is 33.8 Å². The molecule has 0 aromatic carbocycles. The standard InChI is InChI=1S/C17H20N2O5/c1-10-8-14(21)18(16(10)23)7-5-4-6-13(12(3)20)19-15(22)9-11(2)17(19)24/h8-9,13H,4-7H2,1-3H3/t13-/m0/s1. The smallest absolute Gasteiger partial charge is 0.257 e. The molecule has 1 atom stereocenters. The third-order valence-corrected chi connectivity index (χ3v) is 4.21. The van der Waals surface area contributed by atoms with Crippen molar-refractivity contribution >= 4 is 29.4 Å². The molecule has 0 aromatic heterocycles. The molecule has 0 fully saturated rings. The number of rotatable bonds is 7. The zero-order valence-electron chi connectivity index (χ0n) is 14.0. The zero-order chi connectivity index (χ0) is 18.0. The van der Waals surface area contributed by atoms with E-state index in [1.807, 2.05) is 0 Å². The number of ketones is 1. The van der Waals surface area contributed by atoms with Gasteiger partial charge in [-0.1, -0.05) is 0 Å². The summed E-state index contributed by atoms with van der Waals surface area (Å²) in [4.78, 5) is 61.3. The van der Waals surface area contributed by atoms with Crippen molar-refractivity contribution in [2.45, 2.75) is 46.1 Å². The highest BCUT2D eigenvalue weighted by atomic mass is 16.2. The number of nitrogens with zero attached hydrogens (tertiary/aromatic N) is 2. The van der Waals surface area contributed by atoms with E-state index in [1.54, 1.807) is 6.92 Å². The first-order chi connectivity index (χ1) is 11.2. The van der Waals surface area contributed by atoms with Crippen molar-refractivity contribution in [1.82, 2.24) is 9.80 Å². The maximum Gasteiger partial charge on any atom is 0.257 e. The molecule has 0 N–H and O–H groups in total. The van der Waals surface area contributed by atoms with Crippen LogP contribution < -0.4 is 0 Å². The minimum Gasteiger partial charge on any atom is -0.298 e. The van der Waals surface area contributed by atoms with E-state index in [0.29, 0.717) is 30.4 Å². The first-order valence-corrected chi connectivity index (χ1v) is 7.84. The molecule has 0 spiro atoms. The Morgan fingerprint density at radius 1 is 0.958 bits per heavy atom. The Kier molecular flexibility index (Phi) is 5.11. The molecule has 2 rings (SSSR count). The van der Waals surface area contributed by atoms with Crippen LogP contribution in [-0.4, -0.2) is 51.8 Å². The van der Waals surface area contributed by atoms with Gasteiger partial charge in [-0.05, 0) is 40.0 Å². The topological polar surface area (TPSA) is 91.8 Å². The van der Waals surface area contributed by atoms with Crippen molar-refractivity contribution in [2.24, 2.45) is 0 Å². The number of Topliss-reactive ketones (excluding diaryl/α,β-unsaturated/α-hetero) is 1. The highest BCUT2D eigenvalue weighted by Gasteiger charge is 2.36. The molecule has 24 heavy (non-hydrogen) atoms. The van der Waals surface area contributed by atoms with Crippen LogP contribution in [-0.2, 0) is 24.0 Å². The first kappa shape index (κ1) is 17.8. The number of carbonyl (C=O) groups is 5. The molecular formula is C17H20N2O5. The predicted molar refractivity (Wildman–Crippen MR) is 84.4 cm³/mol. The Morgan fingerprint density at radius 3 is 2.00 bits per heavy atom. The van der Waals surface area contributed by atoms with Gasteiger partial charge in [-0.15, -0.1) is 0 Å². The highest BCUT2D eigenvalue weighted by Crippen LogP contribution is 2.20. The van der Waals surface area contributed by atoms with Gasteiger partial charge >= 0.3 is 0 Å². The van der Waals surface area contributed by atoms with E-state index in [4.69, 9.17) is 0 Å². The Balaban J connectivity index is 1.89. The zero-order valence-corrected chi connectivity index (χ0v) is 14.0. The van der Waals surface area contributed by atoms with Gasteiger partial charge in [0.2, 0.25) is 0 Å². The number of imide groups is 2. The van der Waals surface area contributed by atoms with E-state index in [1.165, 1.54) is 26.0 Å². The maximum absolute atomic E-state index is 12.0. The van der Waals surface area contributed by atoms with E-state index in [9.17, 15) is 24.0 Å². The fraction of sp³-hybridized carbons (Fsp3) is 0.471. The molecule has 4 amide bonds. The maximum atomic E-state index is 12.0. The van der Waals surface area contributed by atoms with Crippen molar-refractivity contribution in [3.63, 3.8) is 0 Å². The monoisotopic (exact) mass is 332 g/mol. The van der Waals surface area contributed by atoms with E-state index in [0.717, 1.165) is 9.80 Å². The second kappa shape index (κ2) is 6.90. The third kappa shape index (κ3) is 3.34. The molecule has 2 heterocycles. The average Bonchev–Trinajstić information content (AvgIpc) is 2.88. The summed E-state index contributed by atoms with van der Waals surface area (Å²) >= 11 is 0. The van der Waals surface area contributed by atoms with Gasteiger partial charge in [0.15, 0.2) is 5.78 Å². The van der Waals surface area contributed by atoms with Crippen LogP contribution in [0.3, 0.4) is 0 Å². The summed E-state index contributed by atoms with van der Waals surface area (Å²) in [6, 6.07) is -0.802. The minimum atomic E-state index is -0.802. The molecule has 0 saturated carbocycles. The summed E-state index contributed by atoms with van der Waals surface area (Å²) < 4.78 is 0. The fourth-order valence-electron chi connectivity index (χ4n) is 2.87. The first-order valence-electron chi connectivity index (χ1n) is 7.84. The van der Waals surface area contributed by atoms with Gasteiger partial charge in [0.1, 0.15) is 0 Å². The van der Waals surface area contributed by atoms with Crippen molar-refractivity contribution in [3.05, 3.63) is 23.3 Å². The van der Waals surface area contributed by atoms with Crippen LogP contribution in [0.2, 0.25) is 0 Å². The van der Waals surface area contributed by atoms with Crippen LogP contribution in [0.25, 0.3) is 0 Å². The number of hydrogen-bond acceptors (Lipinski definition) is 5. The average molecular weight is 332 g/mol. The molecule has 7 nitrogen and oxygen atoms in total. The quantitative estimate of drug-likeness (QED) is 0.506. The number of amides is 4. The van der Waals surface area contributed by atoms with Crippen LogP contribution in [0.4, 0.5) is 0 Å². The second-order valence-electron chi connectivity index (χ2n) is 6.09. The fourth-order valence-corrected chi connectivity index (χ4v) is 2.87. The number of carbonyl (C=O) groups excluding carboxylic acids is 5. The summed E-state index contributed by atoms with van der Waals surface area (Å²) in [5, 5.41) is 0. The summed E-state index contributed by atoms with van der Waals surface area (Å²) in [7, 11) is 0. The lowest BCUT2D eigenvalue weighted by atomic mass is 10.0. The van der Waals surface area contributed by atoms with Crippen LogP contribution in [0.1, 0.15) is 40.0 Å². The molecule has 0 aliphatic carbocycles. The summed E-state index contributed by atoms with van der Waals surface area (Å²) in [6.45, 7) is 4.73. The molecule has 0 radical (unpaired) electrons. The number of hydrogen-bond donors (Lipinski definition) is 0. The molecule has 0 unspecified atom stereocenters. The largest absolute Gasteiger partial charge is 0.298 e. The Labute approximate surface area is 140 Å². The van der Waals surface area contributed by atoms with Crippen LogP contribution >= 0.6 is 0 Å². The van der Waals surface area contributed by atoms with E-state index in [2.05, 4.69) is 0 Å². The predicted octanol–water partition coefficient (Wildman–Crippen LogP) is 0.745. The lowest BCUT2D eigenvalue weighted by molar-refractivity contribution is -0.144. The Bertz CT molecular complexity index is 689.